The van der Waals surface area contributed by atoms with Gasteiger partial charge in [0, 0.05) is 30.1 Å². The van der Waals surface area contributed by atoms with Crippen molar-refractivity contribution in [2.75, 3.05) is 33.3 Å². The van der Waals surface area contributed by atoms with Crippen molar-refractivity contribution in [2.24, 2.45) is 5.73 Å². The lowest BCUT2D eigenvalue weighted by atomic mass is 10.1. The SMILES string of the molecule is COc1ccc(Br)c(C(=O)N2CCN(C(=O)CN)CC2C)c1.O=C(O)C(F)(F)F. The second-order valence-corrected chi connectivity index (χ2v) is 6.89. The minimum absolute atomic E-state index is 0.00208. The Morgan fingerprint density at radius 2 is 1.90 bits per heavy atom. The molecule has 29 heavy (non-hydrogen) atoms. The number of carboxylic acids is 1. The van der Waals surface area contributed by atoms with Gasteiger partial charge in [-0.25, -0.2) is 4.79 Å². The quantitative estimate of drug-likeness (QED) is 0.676. The second kappa shape index (κ2) is 10.4. The standard InChI is InChI=1S/C15H20BrN3O3.C2HF3O2/c1-10-9-18(14(20)8-17)5-6-19(10)15(21)12-7-11(22-2)3-4-13(12)16;3-2(4,5)1(6)7/h3-4,7,10H,5-6,8-9,17H2,1-2H3;(H,6,7). The minimum atomic E-state index is -5.08. The molecule has 3 N–H and O–H groups in total. The summed E-state index contributed by atoms with van der Waals surface area (Å²) < 4.78 is 37.6. The van der Waals surface area contributed by atoms with Crippen LogP contribution in [0.15, 0.2) is 22.7 Å². The Balaban J connectivity index is 0.000000516. The van der Waals surface area contributed by atoms with E-state index in [4.69, 9.17) is 20.4 Å². The van der Waals surface area contributed by atoms with Crippen LogP contribution in [0.5, 0.6) is 5.75 Å². The predicted octanol–water partition coefficient (Wildman–Crippen LogP) is 1.72. The molecule has 1 fully saturated rings. The molecule has 1 saturated heterocycles. The van der Waals surface area contributed by atoms with Gasteiger partial charge in [0.15, 0.2) is 0 Å². The maximum Gasteiger partial charge on any atom is 0.490 e. The molecule has 0 bridgehead atoms. The molecule has 8 nitrogen and oxygen atoms in total. The van der Waals surface area contributed by atoms with Gasteiger partial charge in [0.25, 0.3) is 5.91 Å². The number of rotatable bonds is 3. The summed E-state index contributed by atoms with van der Waals surface area (Å²) in [5.41, 5.74) is 5.95. The number of alkyl halides is 3. The Morgan fingerprint density at radius 3 is 2.34 bits per heavy atom. The monoisotopic (exact) mass is 483 g/mol. The molecule has 1 aliphatic rings. The highest BCUT2D eigenvalue weighted by Crippen LogP contribution is 2.25. The number of benzene rings is 1. The number of ether oxygens (including phenoxy) is 1. The number of amides is 2. The number of nitrogens with zero attached hydrogens (tertiary/aromatic N) is 2. The molecule has 1 aliphatic heterocycles. The van der Waals surface area contributed by atoms with Crippen molar-refractivity contribution in [3.05, 3.63) is 28.2 Å². The first-order valence-corrected chi connectivity index (χ1v) is 9.14. The lowest BCUT2D eigenvalue weighted by Crippen LogP contribution is -2.56. The van der Waals surface area contributed by atoms with Gasteiger partial charge in [-0.05, 0) is 41.1 Å². The molecule has 0 aliphatic carbocycles. The number of carbonyl (C=O) groups excluding carboxylic acids is 2. The van der Waals surface area contributed by atoms with Crippen molar-refractivity contribution in [2.45, 2.75) is 19.1 Å². The molecule has 2 rings (SSSR count). The van der Waals surface area contributed by atoms with Crippen LogP contribution in [-0.2, 0) is 9.59 Å². The highest BCUT2D eigenvalue weighted by Gasteiger charge is 2.38. The fourth-order valence-electron chi connectivity index (χ4n) is 2.56. The summed E-state index contributed by atoms with van der Waals surface area (Å²) in [6.45, 7) is 3.44. The van der Waals surface area contributed by atoms with Crippen LogP contribution in [0.2, 0.25) is 0 Å². The van der Waals surface area contributed by atoms with E-state index in [0.29, 0.717) is 30.9 Å². The van der Waals surface area contributed by atoms with Gasteiger partial charge >= 0.3 is 12.1 Å². The van der Waals surface area contributed by atoms with E-state index in [-0.39, 0.29) is 24.4 Å². The molecule has 0 aromatic heterocycles. The number of carbonyl (C=O) groups is 3. The van der Waals surface area contributed by atoms with Crippen molar-refractivity contribution in [1.82, 2.24) is 9.80 Å². The Hall–Kier alpha value is -2.34. The summed E-state index contributed by atoms with van der Waals surface area (Å²) in [6.07, 6.45) is -5.08. The van der Waals surface area contributed by atoms with Gasteiger partial charge in [-0.3, -0.25) is 9.59 Å². The van der Waals surface area contributed by atoms with Crippen LogP contribution in [-0.4, -0.2) is 78.2 Å². The number of hydrogen-bond donors (Lipinski definition) is 2. The number of nitrogens with two attached hydrogens (primary N) is 1. The Morgan fingerprint density at radius 1 is 1.31 bits per heavy atom. The van der Waals surface area contributed by atoms with E-state index in [9.17, 15) is 22.8 Å². The lowest BCUT2D eigenvalue weighted by molar-refractivity contribution is -0.192. The molecule has 1 atom stereocenters. The zero-order valence-electron chi connectivity index (χ0n) is 15.7. The van der Waals surface area contributed by atoms with Crippen LogP contribution >= 0.6 is 15.9 Å². The van der Waals surface area contributed by atoms with Gasteiger partial charge in [0.2, 0.25) is 5.91 Å². The lowest BCUT2D eigenvalue weighted by Gasteiger charge is -2.40. The molecule has 1 unspecified atom stereocenters. The summed E-state index contributed by atoms with van der Waals surface area (Å²) in [5.74, 6) is -2.27. The zero-order valence-corrected chi connectivity index (χ0v) is 17.3. The third kappa shape index (κ3) is 6.89. The van der Waals surface area contributed by atoms with E-state index in [1.807, 2.05) is 6.92 Å². The van der Waals surface area contributed by atoms with Crippen LogP contribution in [0.3, 0.4) is 0 Å². The fourth-order valence-corrected chi connectivity index (χ4v) is 2.98. The minimum Gasteiger partial charge on any atom is -0.497 e. The smallest absolute Gasteiger partial charge is 0.490 e. The molecule has 0 saturated carbocycles. The first-order valence-electron chi connectivity index (χ1n) is 8.34. The average Bonchev–Trinajstić information content (AvgIpc) is 2.66. The van der Waals surface area contributed by atoms with Crippen molar-refractivity contribution in [3.8, 4) is 5.75 Å². The van der Waals surface area contributed by atoms with E-state index in [1.54, 1.807) is 35.1 Å². The summed E-state index contributed by atoms with van der Waals surface area (Å²) in [4.78, 5) is 36.8. The number of methoxy groups -OCH3 is 1. The number of halogens is 4. The van der Waals surface area contributed by atoms with Crippen molar-refractivity contribution >= 4 is 33.7 Å². The van der Waals surface area contributed by atoms with Crippen LogP contribution in [0, 0.1) is 0 Å². The van der Waals surface area contributed by atoms with Crippen LogP contribution in [0.4, 0.5) is 13.2 Å². The Kier molecular flexibility index (Phi) is 8.89. The fraction of sp³-hybridized carbons (Fsp3) is 0.471. The molecule has 2 amide bonds. The summed E-state index contributed by atoms with van der Waals surface area (Å²) in [5, 5.41) is 7.12. The summed E-state index contributed by atoms with van der Waals surface area (Å²) >= 11 is 3.41. The first-order chi connectivity index (χ1) is 13.4. The van der Waals surface area contributed by atoms with Gasteiger partial charge in [-0.1, -0.05) is 0 Å². The maximum absolute atomic E-state index is 12.8. The maximum atomic E-state index is 12.8. The number of hydrogen-bond acceptors (Lipinski definition) is 5. The van der Waals surface area contributed by atoms with Crippen LogP contribution in [0.1, 0.15) is 17.3 Å². The summed E-state index contributed by atoms with van der Waals surface area (Å²) in [7, 11) is 1.57. The normalized spacial score (nSPS) is 16.6. The molecular weight excluding hydrogens is 463 g/mol. The summed E-state index contributed by atoms with van der Waals surface area (Å²) in [6, 6.07) is 5.25. The Labute approximate surface area is 173 Å². The third-order valence-electron chi connectivity index (χ3n) is 4.06. The largest absolute Gasteiger partial charge is 0.497 e. The molecule has 1 aromatic rings. The molecule has 1 heterocycles. The molecule has 162 valence electrons. The van der Waals surface area contributed by atoms with Crippen molar-refractivity contribution in [3.63, 3.8) is 0 Å². The van der Waals surface area contributed by atoms with Gasteiger partial charge in [0.1, 0.15) is 5.75 Å². The third-order valence-corrected chi connectivity index (χ3v) is 4.75. The second-order valence-electron chi connectivity index (χ2n) is 6.04. The van der Waals surface area contributed by atoms with Crippen LogP contribution < -0.4 is 10.5 Å². The zero-order chi connectivity index (χ0) is 22.4. The van der Waals surface area contributed by atoms with Gasteiger partial charge in [-0.15, -0.1) is 0 Å². The molecule has 12 heteroatoms. The van der Waals surface area contributed by atoms with E-state index in [0.717, 1.165) is 4.47 Å². The van der Waals surface area contributed by atoms with Gasteiger partial charge in [-0.2, -0.15) is 13.2 Å². The van der Waals surface area contributed by atoms with Crippen molar-refractivity contribution < 1.29 is 37.4 Å². The van der Waals surface area contributed by atoms with E-state index in [2.05, 4.69) is 15.9 Å². The van der Waals surface area contributed by atoms with E-state index in [1.165, 1.54) is 0 Å². The predicted molar refractivity (Wildman–Crippen MR) is 101 cm³/mol. The molecular formula is C17H21BrF3N3O5. The topological polar surface area (TPSA) is 113 Å². The molecule has 1 aromatic carbocycles. The van der Waals surface area contributed by atoms with E-state index < -0.39 is 12.1 Å². The van der Waals surface area contributed by atoms with Crippen molar-refractivity contribution in [1.29, 1.82) is 0 Å². The highest BCUT2D eigenvalue weighted by atomic mass is 79.9. The van der Waals surface area contributed by atoms with Crippen LogP contribution in [0.25, 0.3) is 0 Å². The van der Waals surface area contributed by atoms with E-state index >= 15 is 0 Å². The first kappa shape index (κ1) is 24.7. The Bertz CT molecular complexity index is 760. The highest BCUT2D eigenvalue weighted by molar-refractivity contribution is 9.10. The van der Waals surface area contributed by atoms with Gasteiger partial charge in [0.05, 0.1) is 19.2 Å². The number of carboxylic acid groups (broad SMARTS) is 1. The average molecular weight is 484 g/mol. The molecule has 0 radical (unpaired) electrons. The molecule has 0 spiro atoms. The number of piperazine rings is 1. The van der Waals surface area contributed by atoms with Gasteiger partial charge < -0.3 is 25.4 Å². The number of aliphatic carboxylic acids is 1.